The fourth-order valence-corrected chi connectivity index (χ4v) is 10.9. The first kappa shape index (κ1) is 39.5. The molecule has 0 radical (unpaired) electrons. The van der Waals surface area contributed by atoms with Crippen molar-refractivity contribution >= 4 is 31.9 Å². The van der Waals surface area contributed by atoms with Gasteiger partial charge in [-0.25, -0.2) is 0 Å². The summed E-state index contributed by atoms with van der Waals surface area (Å²) in [6, 6.07) is 43.1. The van der Waals surface area contributed by atoms with Crippen molar-refractivity contribution in [1.82, 2.24) is 0 Å². The van der Waals surface area contributed by atoms with Gasteiger partial charge in [0.1, 0.15) is 0 Å². The topological polar surface area (TPSA) is 0 Å². The molecule has 7 rings (SSSR count). The molecule has 0 heterocycles. The van der Waals surface area contributed by atoms with Gasteiger partial charge in [-0.1, -0.05) is 157 Å². The molecular formula is C53H56Br2. The van der Waals surface area contributed by atoms with Gasteiger partial charge < -0.3 is 0 Å². The Bertz CT molecular complexity index is 2080. The molecule has 2 heteroatoms. The number of hydrogen-bond donors (Lipinski definition) is 0. The molecule has 0 saturated carbocycles. The third-order valence-electron chi connectivity index (χ3n) is 12.1. The maximum Gasteiger partial charge on any atom is 0.0714 e. The van der Waals surface area contributed by atoms with E-state index in [1.165, 1.54) is 140 Å². The van der Waals surface area contributed by atoms with Crippen LogP contribution in [0.25, 0.3) is 33.4 Å². The summed E-state index contributed by atoms with van der Waals surface area (Å²) in [6.45, 7) is 13.6. The lowest BCUT2D eigenvalue weighted by molar-refractivity contribution is 0.666. The van der Waals surface area contributed by atoms with E-state index in [4.69, 9.17) is 0 Å². The van der Waals surface area contributed by atoms with Crippen molar-refractivity contribution < 1.29 is 0 Å². The Labute approximate surface area is 348 Å². The highest BCUT2D eigenvalue weighted by Gasteiger charge is 2.46. The maximum absolute atomic E-state index is 3.76. The second kappa shape index (κ2) is 17.2. The van der Waals surface area contributed by atoms with Crippen LogP contribution in [0.5, 0.6) is 0 Å². The molecular weight excluding hydrogens is 796 g/mol. The van der Waals surface area contributed by atoms with Gasteiger partial charge in [-0.05, 0) is 179 Å². The van der Waals surface area contributed by atoms with Crippen LogP contribution >= 0.6 is 31.9 Å². The minimum absolute atomic E-state index is 0.494. The van der Waals surface area contributed by atoms with Crippen LogP contribution < -0.4 is 0 Å². The summed E-state index contributed by atoms with van der Waals surface area (Å²) in [7, 11) is 0. The van der Waals surface area contributed by atoms with Crippen molar-refractivity contribution in [3.8, 4) is 33.4 Å². The standard InChI is InChI=1S/C53H56Br2/c1-7-9-11-13-15-39-17-23-43(24-18-39)53(44-25-19-40(20-26-44)16-14-12-10-8-2)49-33-41(51-35(3)29-45(54)30-36(51)4)21-27-47(49)48-28-22-42(34-50(48)53)52-37(5)31-46(55)32-38(52)6/h17-34H,7-16H2,1-6H3. The second-order valence-electron chi connectivity index (χ2n) is 16.1. The van der Waals surface area contributed by atoms with E-state index in [9.17, 15) is 0 Å². The van der Waals surface area contributed by atoms with Gasteiger partial charge in [-0.15, -0.1) is 0 Å². The number of rotatable bonds is 14. The quantitative estimate of drug-likeness (QED) is 0.0956. The molecule has 1 aliphatic rings. The molecule has 0 aromatic heterocycles. The first-order valence-electron chi connectivity index (χ1n) is 20.7. The molecule has 0 nitrogen and oxygen atoms in total. The third-order valence-corrected chi connectivity index (χ3v) is 13.0. The summed E-state index contributed by atoms with van der Waals surface area (Å²) in [4.78, 5) is 0. The minimum Gasteiger partial charge on any atom is -0.0654 e. The van der Waals surface area contributed by atoms with E-state index >= 15 is 0 Å². The van der Waals surface area contributed by atoms with Crippen LogP contribution in [-0.4, -0.2) is 0 Å². The zero-order valence-corrected chi connectivity index (χ0v) is 36.9. The average molecular weight is 853 g/mol. The number of benzene rings is 6. The van der Waals surface area contributed by atoms with Crippen molar-refractivity contribution in [3.63, 3.8) is 0 Å². The van der Waals surface area contributed by atoms with Crippen molar-refractivity contribution in [2.24, 2.45) is 0 Å². The molecule has 0 N–H and O–H groups in total. The lowest BCUT2D eigenvalue weighted by Gasteiger charge is -2.35. The molecule has 0 fully saturated rings. The Balaban J connectivity index is 1.49. The zero-order chi connectivity index (χ0) is 38.7. The van der Waals surface area contributed by atoms with Crippen LogP contribution in [0.15, 0.2) is 118 Å². The molecule has 0 atom stereocenters. The van der Waals surface area contributed by atoms with E-state index in [0.29, 0.717) is 0 Å². The molecule has 6 aromatic rings. The minimum atomic E-state index is -0.494. The first-order valence-corrected chi connectivity index (χ1v) is 22.3. The van der Waals surface area contributed by atoms with Gasteiger partial charge in [0.2, 0.25) is 0 Å². The predicted molar refractivity (Wildman–Crippen MR) is 245 cm³/mol. The number of aryl methyl sites for hydroxylation is 6. The van der Waals surface area contributed by atoms with Gasteiger partial charge in [0, 0.05) is 8.95 Å². The highest BCUT2D eigenvalue weighted by molar-refractivity contribution is 9.10. The van der Waals surface area contributed by atoms with Gasteiger partial charge in [-0.2, -0.15) is 0 Å². The van der Waals surface area contributed by atoms with E-state index in [0.717, 1.165) is 21.8 Å². The largest absolute Gasteiger partial charge is 0.0714 e. The fourth-order valence-electron chi connectivity index (χ4n) is 9.51. The monoisotopic (exact) mass is 850 g/mol. The first-order chi connectivity index (χ1) is 26.6. The molecule has 0 aliphatic heterocycles. The van der Waals surface area contributed by atoms with E-state index in [1.807, 2.05) is 0 Å². The van der Waals surface area contributed by atoms with Crippen molar-refractivity contribution in [2.75, 3.05) is 0 Å². The Morgan fingerprint density at radius 1 is 0.418 bits per heavy atom. The highest BCUT2D eigenvalue weighted by Crippen LogP contribution is 2.58. The summed E-state index contributed by atoms with van der Waals surface area (Å²) in [6.07, 6.45) is 12.5. The SMILES string of the molecule is CCCCCCc1ccc(C2(c3ccc(CCCCCC)cc3)c3cc(-c4c(C)cc(Br)cc4C)ccc3-c3ccc(-c4c(C)cc(Br)cc4C)cc32)cc1. The lowest BCUT2D eigenvalue weighted by atomic mass is 9.66. The van der Waals surface area contributed by atoms with Gasteiger partial charge in [0.25, 0.3) is 0 Å². The molecule has 0 spiro atoms. The summed E-state index contributed by atoms with van der Waals surface area (Å²) in [5.41, 5.74) is 20.8. The Morgan fingerprint density at radius 3 is 1.13 bits per heavy atom. The second-order valence-corrected chi connectivity index (χ2v) is 17.9. The Morgan fingerprint density at radius 2 is 0.782 bits per heavy atom. The van der Waals surface area contributed by atoms with Gasteiger partial charge in [0.15, 0.2) is 0 Å². The Kier molecular flexibility index (Phi) is 12.3. The maximum atomic E-state index is 3.76. The molecule has 6 aromatic carbocycles. The predicted octanol–water partition coefficient (Wildman–Crippen LogP) is 16.4. The molecule has 55 heavy (non-hydrogen) atoms. The summed E-state index contributed by atoms with van der Waals surface area (Å²) >= 11 is 7.53. The van der Waals surface area contributed by atoms with E-state index in [2.05, 4.69) is 183 Å². The van der Waals surface area contributed by atoms with Crippen LogP contribution in [0, 0.1) is 27.7 Å². The summed E-state index contributed by atoms with van der Waals surface area (Å²) in [5.74, 6) is 0. The van der Waals surface area contributed by atoms with Crippen molar-refractivity contribution in [2.45, 2.75) is 111 Å². The number of halogens is 2. The lowest BCUT2D eigenvalue weighted by Crippen LogP contribution is -2.29. The van der Waals surface area contributed by atoms with Crippen LogP contribution in [0.1, 0.15) is 121 Å². The van der Waals surface area contributed by atoms with Crippen LogP contribution in [0.2, 0.25) is 0 Å². The number of hydrogen-bond acceptors (Lipinski definition) is 0. The highest BCUT2D eigenvalue weighted by atomic mass is 79.9. The number of fused-ring (bicyclic) bond motifs is 3. The summed E-state index contributed by atoms with van der Waals surface area (Å²) in [5, 5.41) is 0. The van der Waals surface area contributed by atoms with E-state index in [1.54, 1.807) is 0 Å². The van der Waals surface area contributed by atoms with E-state index < -0.39 is 5.41 Å². The molecule has 0 bridgehead atoms. The zero-order valence-electron chi connectivity index (χ0n) is 33.7. The smallest absolute Gasteiger partial charge is 0.0654 e. The molecule has 0 saturated heterocycles. The van der Waals surface area contributed by atoms with Crippen molar-refractivity contribution in [3.05, 3.63) is 174 Å². The fraction of sp³-hybridized carbons (Fsp3) is 0.321. The van der Waals surface area contributed by atoms with Crippen molar-refractivity contribution in [1.29, 1.82) is 0 Å². The Hall–Kier alpha value is -3.72. The molecule has 1 aliphatic carbocycles. The van der Waals surface area contributed by atoms with Crippen LogP contribution in [-0.2, 0) is 18.3 Å². The number of unbranched alkanes of at least 4 members (excludes halogenated alkanes) is 6. The van der Waals surface area contributed by atoms with Crippen LogP contribution in [0.3, 0.4) is 0 Å². The summed E-state index contributed by atoms with van der Waals surface area (Å²) < 4.78 is 2.26. The van der Waals surface area contributed by atoms with E-state index in [-0.39, 0.29) is 0 Å². The van der Waals surface area contributed by atoms with Crippen LogP contribution in [0.4, 0.5) is 0 Å². The molecule has 0 amide bonds. The molecule has 0 unspecified atom stereocenters. The average Bonchev–Trinajstić information content (AvgIpc) is 3.44. The third kappa shape index (κ3) is 7.84. The van der Waals surface area contributed by atoms with Gasteiger partial charge >= 0.3 is 0 Å². The van der Waals surface area contributed by atoms with Gasteiger partial charge in [0.05, 0.1) is 5.41 Å². The molecule has 282 valence electrons. The normalized spacial score (nSPS) is 12.9. The van der Waals surface area contributed by atoms with Gasteiger partial charge in [-0.3, -0.25) is 0 Å².